The Kier molecular flexibility index (Phi) is 6.74. The number of ether oxygens (including phenoxy) is 2. The molecule has 4 rings (SSSR count). The van der Waals surface area contributed by atoms with Crippen LogP contribution in [0.3, 0.4) is 0 Å². The van der Waals surface area contributed by atoms with Gasteiger partial charge in [-0.1, -0.05) is 12.1 Å². The van der Waals surface area contributed by atoms with E-state index < -0.39 is 12.0 Å². The number of benzene rings is 1. The minimum atomic E-state index is -0.607. The molecule has 2 amide bonds. The molecule has 0 radical (unpaired) electrons. The first-order valence-electron chi connectivity index (χ1n) is 11.5. The van der Waals surface area contributed by atoms with E-state index in [1.165, 1.54) is 5.69 Å². The van der Waals surface area contributed by atoms with Crippen LogP contribution in [0.5, 0.6) is 5.75 Å². The number of nitrogens with zero attached hydrogens (tertiary/aromatic N) is 2. The number of hydrogen-bond donors (Lipinski definition) is 2. The highest BCUT2D eigenvalue weighted by atomic mass is 16.5. The second-order valence-corrected chi connectivity index (χ2v) is 8.65. The van der Waals surface area contributed by atoms with Crippen molar-refractivity contribution in [3.63, 3.8) is 0 Å². The molecule has 0 bridgehead atoms. The molecule has 0 saturated heterocycles. The fraction of sp³-hybridized carbons (Fsp3) is 0.440. The van der Waals surface area contributed by atoms with Crippen LogP contribution in [-0.2, 0) is 16.1 Å². The van der Waals surface area contributed by atoms with E-state index in [9.17, 15) is 9.59 Å². The SMILES string of the molecule is CCOC(=O)C1=C(CN2CCn3cccc3[C@H]2C)NC(=O)N[C@@H]1c1ccc(OC(C)C)cc1. The predicted octanol–water partition coefficient (Wildman–Crippen LogP) is 3.52. The Labute approximate surface area is 194 Å². The molecule has 0 aliphatic carbocycles. The second kappa shape index (κ2) is 9.70. The van der Waals surface area contributed by atoms with Crippen molar-refractivity contribution in [2.24, 2.45) is 0 Å². The van der Waals surface area contributed by atoms with E-state index in [2.05, 4.69) is 39.3 Å². The molecule has 0 spiro atoms. The molecule has 1 aromatic carbocycles. The van der Waals surface area contributed by atoms with Gasteiger partial charge in [0, 0.05) is 43.3 Å². The third-order valence-electron chi connectivity index (χ3n) is 6.06. The van der Waals surface area contributed by atoms with Crippen LogP contribution in [-0.4, -0.2) is 47.3 Å². The van der Waals surface area contributed by atoms with Gasteiger partial charge >= 0.3 is 12.0 Å². The minimum absolute atomic E-state index is 0.0589. The Balaban J connectivity index is 1.67. The van der Waals surface area contributed by atoms with Gasteiger partial charge in [-0.05, 0) is 57.5 Å². The minimum Gasteiger partial charge on any atom is -0.491 e. The molecule has 2 aromatic rings. The summed E-state index contributed by atoms with van der Waals surface area (Å²) in [6, 6.07) is 10.8. The number of amides is 2. The van der Waals surface area contributed by atoms with Gasteiger partial charge in [-0.15, -0.1) is 0 Å². The normalized spacial score (nSPS) is 20.8. The Morgan fingerprint density at radius 3 is 2.64 bits per heavy atom. The fourth-order valence-corrected chi connectivity index (χ4v) is 4.50. The number of fused-ring (bicyclic) bond motifs is 1. The lowest BCUT2D eigenvalue weighted by molar-refractivity contribution is -0.139. The smallest absolute Gasteiger partial charge is 0.338 e. The number of aromatic nitrogens is 1. The number of nitrogens with one attached hydrogen (secondary N) is 2. The Bertz CT molecular complexity index is 1040. The molecule has 1 aromatic heterocycles. The number of esters is 1. The molecule has 2 N–H and O–H groups in total. The van der Waals surface area contributed by atoms with Crippen molar-refractivity contribution < 1.29 is 19.1 Å². The molecule has 8 heteroatoms. The zero-order valence-corrected chi connectivity index (χ0v) is 19.6. The van der Waals surface area contributed by atoms with Crippen molar-refractivity contribution in [3.05, 3.63) is 65.1 Å². The van der Waals surface area contributed by atoms with Crippen LogP contribution in [0.2, 0.25) is 0 Å². The summed E-state index contributed by atoms with van der Waals surface area (Å²) in [6.45, 7) is 10.2. The number of rotatable bonds is 7. The maximum atomic E-state index is 13.1. The van der Waals surface area contributed by atoms with Crippen LogP contribution in [0.1, 0.15) is 51.0 Å². The highest BCUT2D eigenvalue weighted by Crippen LogP contribution is 2.32. The quantitative estimate of drug-likeness (QED) is 0.628. The first kappa shape index (κ1) is 22.9. The van der Waals surface area contributed by atoms with E-state index in [1.54, 1.807) is 6.92 Å². The molecule has 3 heterocycles. The topological polar surface area (TPSA) is 84.8 Å². The van der Waals surface area contributed by atoms with Crippen LogP contribution in [0.25, 0.3) is 0 Å². The average molecular weight is 453 g/mol. The van der Waals surface area contributed by atoms with Gasteiger partial charge in [0.2, 0.25) is 0 Å². The van der Waals surface area contributed by atoms with Gasteiger partial charge in [0.05, 0.1) is 24.3 Å². The highest BCUT2D eigenvalue weighted by Gasteiger charge is 2.35. The van der Waals surface area contributed by atoms with Gasteiger partial charge < -0.3 is 24.7 Å². The van der Waals surface area contributed by atoms with Gasteiger partial charge in [-0.3, -0.25) is 4.90 Å². The third-order valence-corrected chi connectivity index (χ3v) is 6.06. The average Bonchev–Trinajstić information content (AvgIpc) is 3.25. The second-order valence-electron chi connectivity index (χ2n) is 8.65. The zero-order valence-electron chi connectivity index (χ0n) is 19.6. The van der Waals surface area contributed by atoms with Crippen LogP contribution < -0.4 is 15.4 Å². The molecule has 176 valence electrons. The van der Waals surface area contributed by atoms with E-state index in [1.807, 2.05) is 44.2 Å². The summed E-state index contributed by atoms with van der Waals surface area (Å²) in [5, 5.41) is 5.78. The van der Waals surface area contributed by atoms with Crippen LogP contribution in [0.4, 0.5) is 4.79 Å². The number of urea groups is 1. The summed E-state index contributed by atoms with van der Waals surface area (Å²) in [6.07, 6.45) is 2.14. The monoisotopic (exact) mass is 452 g/mol. The summed E-state index contributed by atoms with van der Waals surface area (Å²) < 4.78 is 13.4. The van der Waals surface area contributed by atoms with Gasteiger partial charge in [-0.2, -0.15) is 0 Å². The first-order valence-corrected chi connectivity index (χ1v) is 11.5. The number of hydrogen-bond acceptors (Lipinski definition) is 5. The van der Waals surface area contributed by atoms with Crippen molar-refractivity contribution >= 4 is 12.0 Å². The largest absolute Gasteiger partial charge is 0.491 e. The van der Waals surface area contributed by atoms with Crippen molar-refractivity contribution in [3.8, 4) is 5.75 Å². The van der Waals surface area contributed by atoms with Gasteiger partial charge in [0.1, 0.15) is 5.75 Å². The molecule has 0 saturated carbocycles. The van der Waals surface area contributed by atoms with E-state index in [-0.39, 0.29) is 24.8 Å². The van der Waals surface area contributed by atoms with Gasteiger partial charge in [0.15, 0.2) is 0 Å². The van der Waals surface area contributed by atoms with E-state index in [0.717, 1.165) is 24.4 Å². The van der Waals surface area contributed by atoms with Crippen molar-refractivity contribution in [1.82, 2.24) is 20.1 Å². The van der Waals surface area contributed by atoms with Crippen LogP contribution in [0, 0.1) is 0 Å². The van der Waals surface area contributed by atoms with E-state index >= 15 is 0 Å². The zero-order chi connectivity index (χ0) is 23.5. The molecule has 0 unspecified atom stereocenters. The summed E-state index contributed by atoms with van der Waals surface area (Å²) in [7, 11) is 0. The molecule has 2 aliphatic heterocycles. The highest BCUT2D eigenvalue weighted by molar-refractivity contribution is 5.95. The number of carbonyl (C=O) groups excluding carboxylic acids is 2. The lowest BCUT2D eigenvalue weighted by atomic mass is 9.94. The van der Waals surface area contributed by atoms with E-state index in [0.29, 0.717) is 17.8 Å². The summed E-state index contributed by atoms with van der Waals surface area (Å²) in [5.74, 6) is 0.307. The number of carbonyl (C=O) groups is 2. The molecular weight excluding hydrogens is 420 g/mol. The summed E-state index contributed by atoms with van der Waals surface area (Å²) in [4.78, 5) is 28.0. The lowest BCUT2D eigenvalue weighted by Gasteiger charge is -2.37. The first-order chi connectivity index (χ1) is 15.9. The molecule has 8 nitrogen and oxygen atoms in total. The van der Waals surface area contributed by atoms with E-state index in [4.69, 9.17) is 9.47 Å². The molecule has 2 atom stereocenters. The molecule has 33 heavy (non-hydrogen) atoms. The molecular formula is C25H32N4O4. The maximum absolute atomic E-state index is 13.1. The van der Waals surface area contributed by atoms with Crippen molar-refractivity contribution in [1.29, 1.82) is 0 Å². The third kappa shape index (κ3) is 4.90. The fourth-order valence-electron chi connectivity index (χ4n) is 4.50. The van der Waals surface area contributed by atoms with Gasteiger partial charge in [0.25, 0.3) is 0 Å². The summed E-state index contributed by atoms with van der Waals surface area (Å²) >= 11 is 0. The summed E-state index contributed by atoms with van der Waals surface area (Å²) in [5.41, 5.74) is 3.03. The van der Waals surface area contributed by atoms with Crippen LogP contribution in [0.15, 0.2) is 53.9 Å². The van der Waals surface area contributed by atoms with Gasteiger partial charge in [-0.25, -0.2) is 9.59 Å². The predicted molar refractivity (Wildman–Crippen MR) is 125 cm³/mol. The van der Waals surface area contributed by atoms with Crippen LogP contribution >= 0.6 is 0 Å². The maximum Gasteiger partial charge on any atom is 0.338 e. The lowest BCUT2D eigenvalue weighted by Crippen LogP contribution is -2.49. The van der Waals surface area contributed by atoms with Crippen molar-refractivity contribution in [2.45, 2.75) is 52.4 Å². The molecule has 2 aliphatic rings. The Hall–Kier alpha value is -3.26. The Morgan fingerprint density at radius 1 is 1.18 bits per heavy atom. The molecule has 0 fully saturated rings. The standard InChI is InChI=1S/C25H32N4O4/c1-5-32-24(30)22-20(15-29-14-13-28-12-6-7-21(28)17(29)4)26-25(31)27-23(22)18-8-10-19(11-9-18)33-16(2)3/h6-12,16-17,23H,5,13-15H2,1-4H3,(H2,26,27,31)/t17-,23-/m1/s1. The Morgan fingerprint density at radius 2 is 1.94 bits per heavy atom. The van der Waals surface area contributed by atoms with Crippen molar-refractivity contribution in [2.75, 3.05) is 19.7 Å².